The summed E-state index contributed by atoms with van der Waals surface area (Å²) < 4.78 is 0. The molecule has 2 heterocycles. The van der Waals surface area contributed by atoms with Crippen LogP contribution in [0.1, 0.15) is 18.4 Å². The molecule has 2 N–H and O–H groups in total. The lowest BCUT2D eigenvalue weighted by molar-refractivity contribution is -0.121. The first-order valence-corrected chi connectivity index (χ1v) is 5.95. The van der Waals surface area contributed by atoms with Crippen molar-refractivity contribution in [2.45, 2.75) is 19.8 Å². The number of hydrogen-bond donors (Lipinski definition) is 2. The van der Waals surface area contributed by atoms with Gasteiger partial charge in [-0.05, 0) is 6.42 Å². The zero-order chi connectivity index (χ0) is 10.7. The lowest BCUT2D eigenvalue weighted by atomic mass is 10.0. The lowest BCUT2D eigenvalue weighted by Crippen LogP contribution is -2.48. The third-order valence-electron chi connectivity index (χ3n) is 2.31. The number of anilines is 1. The van der Waals surface area contributed by atoms with Crippen molar-refractivity contribution in [2.24, 2.45) is 5.92 Å². The van der Waals surface area contributed by atoms with Crippen LogP contribution in [0, 0.1) is 5.92 Å². The predicted molar refractivity (Wildman–Crippen MR) is 58.9 cm³/mol. The molecule has 1 aromatic rings. The highest BCUT2D eigenvalue weighted by atomic mass is 32.1. The molecule has 1 aliphatic heterocycles. The molecule has 0 aliphatic carbocycles. The fraction of sp³-hybridized carbons (Fsp3) is 0.667. The van der Waals surface area contributed by atoms with Gasteiger partial charge in [0.25, 0.3) is 0 Å². The molecule has 0 bridgehead atoms. The van der Waals surface area contributed by atoms with Crippen LogP contribution in [0.15, 0.2) is 0 Å². The summed E-state index contributed by atoms with van der Waals surface area (Å²) in [5.74, 6) is 0.150. The quantitative estimate of drug-likeness (QED) is 0.791. The normalized spacial score (nSPS) is 16.1. The van der Waals surface area contributed by atoms with Crippen LogP contribution in [0.3, 0.4) is 0 Å². The second kappa shape index (κ2) is 4.67. The van der Waals surface area contributed by atoms with Crippen LogP contribution >= 0.6 is 11.3 Å². The minimum absolute atomic E-state index is 0.0490. The van der Waals surface area contributed by atoms with Crippen LogP contribution in [-0.4, -0.2) is 29.2 Å². The van der Waals surface area contributed by atoms with Crippen LogP contribution in [0.5, 0.6) is 0 Å². The lowest BCUT2D eigenvalue weighted by Gasteiger charge is -2.24. The standard InChI is InChI=1S/C9H14N4OS/c1-2-3-7-12-13-9(15-7)11-8(14)6-4-10-5-6/h6,10H,2-5H2,1H3,(H,11,13,14). The molecular weight excluding hydrogens is 212 g/mol. The Kier molecular flexibility index (Phi) is 3.27. The maximum absolute atomic E-state index is 11.5. The van der Waals surface area contributed by atoms with E-state index >= 15 is 0 Å². The fourth-order valence-corrected chi connectivity index (χ4v) is 2.14. The highest BCUT2D eigenvalue weighted by molar-refractivity contribution is 7.15. The molecule has 1 amide bonds. The van der Waals surface area contributed by atoms with E-state index in [-0.39, 0.29) is 11.8 Å². The van der Waals surface area contributed by atoms with Gasteiger partial charge in [0.05, 0.1) is 5.92 Å². The van der Waals surface area contributed by atoms with Crippen LogP contribution in [-0.2, 0) is 11.2 Å². The van der Waals surface area contributed by atoms with Gasteiger partial charge in [-0.2, -0.15) is 0 Å². The monoisotopic (exact) mass is 226 g/mol. The molecule has 0 aromatic carbocycles. The summed E-state index contributed by atoms with van der Waals surface area (Å²) in [5.41, 5.74) is 0. The maximum Gasteiger partial charge on any atom is 0.231 e. The van der Waals surface area contributed by atoms with E-state index in [4.69, 9.17) is 0 Å². The third kappa shape index (κ3) is 2.51. The molecule has 1 fully saturated rings. The summed E-state index contributed by atoms with van der Waals surface area (Å²) in [5, 5.41) is 15.4. The van der Waals surface area contributed by atoms with Crippen LogP contribution in [0.2, 0.25) is 0 Å². The van der Waals surface area contributed by atoms with E-state index < -0.39 is 0 Å². The second-order valence-corrected chi connectivity index (χ2v) is 4.66. The number of carbonyl (C=O) groups is 1. The van der Waals surface area contributed by atoms with Crippen molar-refractivity contribution in [1.29, 1.82) is 0 Å². The fourth-order valence-electron chi connectivity index (χ4n) is 1.30. The van der Waals surface area contributed by atoms with E-state index in [9.17, 15) is 4.79 Å². The molecule has 0 radical (unpaired) electrons. The van der Waals surface area contributed by atoms with E-state index in [0.29, 0.717) is 5.13 Å². The number of nitrogens with zero attached hydrogens (tertiary/aromatic N) is 2. The Balaban J connectivity index is 1.89. The molecule has 82 valence electrons. The molecule has 0 atom stereocenters. The molecule has 0 spiro atoms. The molecule has 2 rings (SSSR count). The second-order valence-electron chi connectivity index (χ2n) is 3.60. The van der Waals surface area contributed by atoms with E-state index in [2.05, 4.69) is 27.8 Å². The molecule has 1 saturated heterocycles. The van der Waals surface area contributed by atoms with Crippen LogP contribution < -0.4 is 10.6 Å². The van der Waals surface area contributed by atoms with Gasteiger partial charge in [-0.15, -0.1) is 10.2 Å². The van der Waals surface area contributed by atoms with Crippen molar-refractivity contribution in [3.05, 3.63) is 5.01 Å². The Morgan fingerprint density at radius 1 is 1.60 bits per heavy atom. The molecule has 0 saturated carbocycles. The number of carbonyl (C=O) groups excluding carboxylic acids is 1. The number of rotatable bonds is 4. The van der Waals surface area contributed by atoms with Gasteiger partial charge in [-0.1, -0.05) is 18.3 Å². The van der Waals surface area contributed by atoms with Crippen molar-refractivity contribution in [3.63, 3.8) is 0 Å². The molecule has 15 heavy (non-hydrogen) atoms. The average molecular weight is 226 g/mol. The Labute approximate surface area is 92.3 Å². The summed E-state index contributed by atoms with van der Waals surface area (Å²) >= 11 is 1.46. The van der Waals surface area contributed by atoms with E-state index in [1.165, 1.54) is 11.3 Å². The summed E-state index contributed by atoms with van der Waals surface area (Å²) in [6.45, 7) is 3.64. The van der Waals surface area contributed by atoms with Crippen molar-refractivity contribution >= 4 is 22.4 Å². The van der Waals surface area contributed by atoms with Crippen molar-refractivity contribution in [3.8, 4) is 0 Å². The zero-order valence-electron chi connectivity index (χ0n) is 8.62. The first-order chi connectivity index (χ1) is 7.29. The Morgan fingerprint density at radius 2 is 2.40 bits per heavy atom. The van der Waals surface area contributed by atoms with E-state index in [1.807, 2.05) is 0 Å². The van der Waals surface area contributed by atoms with Crippen molar-refractivity contribution in [1.82, 2.24) is 15.5 Å². The SMILES string of the molecule is CCCc1nnc(NC(=O)C2CNC2)s1. The van der Waals surface area contributed by atoms with Crippen molar-refractivity contribution < 1.29 is 4.79 Å². The minimum Gasteiger partial charge on any atom is -0.315 e. The van der Waals surface area contributed by atoms with Gasteiger partial charge in [-0.3, -0.25) is 4.79 Å². The van der Waals surface area contributed by atoms with Gasteiger partial charge in [0.15, 0.2) is 0 Å². The van der Waals surface area contributed by atoms with E-state index in [0.717, 1.165) is 30.9 Å². The Hall–Kier alpha value is -1.01. The Bertz CT molecular complexity index is 348. The number of amides is 1. The first kappa shape index (κ1) is 10.5. The number of nitrogens with one attached hydrogen (secondary N) is 2. The van der Waals surface area contributed by atoms with E-state index in [1.54, 1.807) is 0 Å². The Morgan fingerprint density at radius 3 is 3.00 bits per heavy atom. The molecular formula is C9H14N4OS. The van der Waals surface area contributed by atoms with Gasteiger partial charge in [0.2, 0.25) is 11.0 Å². The summed E-state index contributed by atoms with van der Waals surface area (Å²) in [7, 11) is 0. The van der Waals surface area contributed by atoms with Crippen LogP contribution in [0.4, 0.5) is 5.13 Å². The molecule has 1 aromatic heterocycles. The topological polar surface area (TPSA) is 66.9 Å². The van der Waals surface area contributed by atoms with Gasteiger partial charge in [0.1, 0.15) is 5.01 Å². The summed E-state index contributed by atoms with van der Waals surface area (Å²) in [4.78, 5) is 11.5. The van der Waals surface area contributed by atoms with Crippen LogP contribution in [0.25, 0.3) is 0 Å². The molecule has 5 nitrogen and oxygen atoms in total. The molecule has 1 aliphatic rings. The van der Waals surface area contributed by atoms with Gasteiger partial charge < -0.3 is 10.6 Å². The van der Waals surface area contributed by atoms with Crippen molar-refractivity contribution in [2.75, 3.05) is 18.4 Å². The molecule has 0 unspecified atom stereocenters. The van der Waals surface area contributed by atoms with Gasteiger partial charge in [-0.25, -0.2) is 0 Å². The number of hydrogen-bond acceptors (Lipinski definition) is 5. The smallest absolute Gasteiger partial charge is 0.231 e. The number of aryl methyl sites for hydroxylation is 1. The highest BCUT2D eigenvalue weighted by Crippen LogP contribution is 2.17. The predicted octanol–water partition coefficient (Wildman–Crippen LogP) is 0.648. The maximum atomic E-state index is 11.5. The number of aromatic nitrogens is 2. The highest BCUT2D eigenvalue weighted by Gasteiger charge is 2.25. The third-order valence-corrected chi connectivity index (χ3v) is 3.21. The summed E-state index contributed by atoms with van der Waals surface area (Å²) in [6, 6.07) is 0. The largest absolute Gasteiger partial charge is 0.315 e. The summed E-state index contributed by atoms with van der Waals surface area (Å²) in [6.07, 6.45) is 1.98. The minimum atomic E-state index is 0.0490. The van der Waals surface area contributed by atoms with Gasteiger partial charge in [0, 0.05) is 19.5 Å². The van der Waals surface area contributed by atoms with Gasteiger partial charge >= 0.3 is 0 Å². The first-order valence-electron chi connectivity index (χ1n) is 5.13. The molecule has 6 heteroatoms. The zero-order valence-corrected chi connectivity index (χ0v) is 9.43. The average Bonchev–Trinajstić information content (AvgIpc) is 2.49.